The van der Waals surface area contributed by atoms with E-state index in [1.165, 1.54) is 4.68 Å². The van der Waals surface area contributed by atoms with Crippen LogP contribution >= 0.6 is 11.6 Å². The minimum atomic E-state index is -3.04. The van der Waals surface area contributed by atoms with E-state index >= 15 is 0 Å². The van der Waals surface area contributed by atoms with Crippen LogP contribution in [0.15, 0.2) is 30.3 Å². The molecule has 1 aliphatic rings. The fourth-order valence-electron chi connectivity index (χ4n) is 2.55. The van der Waals surface area contributed by atoms with E-state index < -0.39 is 9.84 Å². The molecule has 1 aromatic carbocycles. The molecule has 3 rings (SSSR count). The van der Waals surface area contributed by atoms with Crippen LogP contribution in [0.1, 0.15) is 22.8 Å². The Kier molecular flexibility index (Phi) is 3.59. The molecular weight excluding hydrogens is 312 g/mol. The molecular formula is C14H13ClN2O3S. The van der Waals surface area contributed by atoms with Gasteiger partial charge in [0.15, 0.2) is 16.1 Å². The highest BCUT2D eigenvalue weighted by molar-refractivity contribution is 7.91. The van der Waals surface area contributed by atoms with Crippen LogP contribution in [0.5, 0.6) is 0 Å². The lowest BCUT2D eigenvalue weighted by atomic mass is 10.1. The van der Waals surface area contributed by atoms with Crippen molar-refractivity contribution in [3.8, 4) is 11.3 Å². The topological polar surface area (TPSA) is 69.0 Å². The molecule has 1 aliphatic heterocycles. The second-order valence-electron chi connectivity index (χ2n) is 5.04. The predicted molar refractivity (Wildman–Crippen MR) is 80.4 cm³/mol. The van der Waals surface area contributed by atoms with Gasteiger partial charge in [0.1, 0.15) is 10.8 Å². The Morgan fingerprint density at radius 2 is 2.00 bits per heavy atom. The van der Waals surface area contributed by atoms with Gasteiger partial charge in [0.2, 0.25) is 0 Å². The van der Waals surface area contributed by atoms with E-state index in [9.17, 15) is 13.2 Å². The van der Waals surface area contributed by atoms with E-state index in [4.69, 9.17) is 11.6 Å². The van der Waals surface area contributed by atoms with Crippen molar-refractivity contribution in [2.45, 2.75) is 12.5 Å². The Hall–Kier alpha value is -1.66. The molecule has 2 heterocycles. The van der Waals surface area contributed by atoms with Crippen molar-refractivity contribution < 1.29 is 13.2 Å². The number of nitrogens with zero attached hydrogens (tertiary/aromatic N) is 2. The summed E-state index contributed by atoms with van der Waals surface area (Å²) in [7, 11) is -3.04. The lowest BCUT2D eigenvalue weighted by Crippen LogP contribution is -2.12. The highest BCUT2D eigenvalue weighted by atomic mass is 35.5. The number of carbonyl (C=O) groups excluding carboxylic acids is 1. The summed E-state index contributed by atoms with van der Waals surface area (Å²) >= 11 is 6.23. The van der Waals surface area contributed by atoms with Crippen LogP contribution in [0.2, 0.25) is 5.15 Å². The number of sulfone groups is 1. The fraction of sp³-hybridized carbons (Fsp3) is 0.286. The van der Waals surface area contributed by atoms with Gasteiger partial charge >= 0.3 is 0 Å². The van der Waals surface area contributed by atoms with Crippen LogP contribution in [0.3, 0.4) is 0 Å². The molecule has 5 nitrogen and oxygen atoms in total. The van der Waals surface area contributed by atoms with Crippen LogP contribution in [0, 0.1) is 0 Å². The zero-order chi connectivity index (χ0) is 15.0. The van der Waals surface area contributed by atoms with Crippen LogP contribution in [-0.2, 0) is 9.84 Å². The molecule has 2 aromatic rings. The van der Waals surface area contributed by atoms with E-state index in [0.717, 1.165) is 5.56 Å². The molecule has 0 bridgehead atoms. The zero-order valence-electron chi connectivity index (χ0n) is 11.1. The fourth-order valence-corrected chi connectivity index (χ4v) is 4.55. The third kappa shape index (κ3) is 2.61. The number of hydrogen-bond donors (Lipinski definition) is 0. The lowest BCUT2D eigenvalue weighted by Gasteiger charge is -2.09. The van der Waals surface area contributed by atoms with Gasteiger partial charge in [-0.1, -0.05) is 41.9 Å². The lowest BCUT2D eigenvalue weighted by molar-refractivity contribution is 0.112. The molecule has 0 spiro atoms. The van der Waals surface area contributed by atoms with Gasteiger partial charge in [0.25, 0.3) is 0 Å². The highest BCUT2D eigenvalue weighted by Crippen LogP contribution is 2.33. The number of halogens is 1. The van der Waals surface area contributed by atoms with Gasteiger partial charge in [0, 0.05) is 5.56 Å². The Labute approximate surface area is 127 Å². The molecule has 0 saturated carbocycles. The van der Waals surface area contributed by atoms with Gasteiger partial charge in [-0.15, -0.1) is 0 Å². The summed E-state index contributed by atoms with van der Waals surface area (Å²) in [6, 6.07) is 8.92. The van der Waals surface area contributed by atoms with E-state index in [-0.39, 0.29) is 22.7 Å². The normalized spacial score (nSPS) is 20.5. The molecule has 21 heavy (non-hydrogen) atoms. The van der Waals surface area contributed by atoms with Crippen LogP contribution in [0.25, 0.3) is 11.3 Å². The quantitative estimate of drug-likeness (QED) is 0.813. The summed E-state index contributed by atoms with van der Waals surface area (Å²) in [5.41, 5.74) is 1.56. The van der Waals surface area contributed by atoms with E-state index in [0.29, 0.717) is 24.0 Å². The van der Waals surface area contributed by atoms with Crippen LogP contribution in [0.4, 0.5) is 0 Å². The first-order chi connectivity index (χ1) is 10.0. The predicted octanol–water partition coefficient (Wildman–Crippen LogP) is 2.38. The first kappa shape index (κ1) is 14.3. The molecule has 0 amide bonds. The second-order valence-corrected chi connectivity index (χ2v) is 7.63. The zero-order valence-corrected chi connectivity index (χ0v) is 12.6. The largest absolute Gasteiger partial charge is 0.298 e. The van der Waals surface area contributed by atoms with E-state index in [1.54, 1.807) is 0 Å². The van der Waals surface area contributed by atoms with Crippen molar-refractivity contribution in [2.24, 2.45) is 0 Å². The summed E-state index contributed by atoms with van der Waals surface area (Å²) in [4.78, 5) is 11.3. The standard InChI is InChI=1S/C14H13ClN2O3S/c15-14-12(8-18)13(10-4-2-1-3-5-10)16-17(14)11-6-7-21(19,20)9-11/h1-5,8,11H,6-7,9H2. The molecule has 1 unspecified atom stereocenters. The van der Waals surface area contributed by atoms with Gasteiger partial charge in [-0.05, 0) is 6.42 Å². The van der Waals surface area contributed by atoms with Crippen LogP contribution in [-0.4, -0.2) is 36.0 Å². The summed E-state index contributed by atoms with van der Waals surface area (Å²) in [6.45, 7) is 0. The third-order valence-electron chi connectivity index (χ3n) is 3.61. The maximum atomic E-state index is 11.6. The molecule has 1 aromatic heterocycles. The number of aromatic nitrogens is 2. The average Bonchev–Trinajstić information content (AvgIpc) is 2.99. The first-order valence-electron chi connectivity index (χ1n) is 6.51. The van der Waals surface area contributed by atoms with Crippen molar-refractivity contribution >= 4 is 27.7 Å². The number of carbonyl (C=O) groups is 1. The van der Waals surface area contributed by atoms with Crippen molar-refractivity contribution in [3.05, 3.63) is 41.0 Å². The Bertz CT molecular complexity index is 784. The SMILES string of the molecule is O=Cc1c(-c2ccccc2)nn(C2CCS(=O)(=O)C2)c1Cl. The Balaban J connectivity index is 2.08. The number of rotatable bonds is 3. The molecule has 1 fully saturated rings. The molecule has 1 atom stereocenters. The summed E-state index contributed by atoms with van der Waals surface area (Å²) < 4.78 is 24.7. The number of benzene rings is 1. The molecule has 1 saturated heterocycles. The van der Waals surface area contributed by atoms with Gasteiger partial charge in [-0.2, -0.15) is 5.10 Å². The Morgan fingerprint density at radius 1 is 1.29 bits per heavy atom. The smallest absolute Gasteiger partial charge is 0.155 e. The molecule has 0 radical (unpaired) electrons. The van der Waals surface area contributed by atoms with Crippen molar-refractivity contribution in [3.63, 3.8) is 0 Å². The summed E-state index contributed by atoms with van der Waals surface area (Å²) in [5, 5.41) is 4.59. The van der Waals surface area contributed by atoms with E-state index in [1.807, 2.05) is 30.3 Å². The second kappa shape index (κ2) is 5.27. The minimum Gasteiger partial charge on any atom is -0.298 e. The van der Waals surface area contributed by atoms with Gasteiger partial charge in [0.05, 0.1) is 23.1 Å². The van der Waals surface area contributed by atoms with E-state index in [2.05, 4.69) is 5.10 Å². The van der Waals surface area contributed by atoms with Gasteiger partial charge in [-0.3, -0.25) is 4.79 Å². The minimum absolute atomic E-state index is 0.0148. The maximum absolute atomic E-state index is 11.6. The number of hydrogen-bond acceptors (Lipinski definition) is 4. The molecule has 0 N–H and O–H groups in total. The molecule has 110 valence electrons. The van der Waals surface area contributed by atoms with Crippen LogP contribution < -0.4 is 0 Å². The van der Waals surface area contributed by atoms with Crippen molar-refractivity contribution in [1.82, 2.24) is 9.78 Å². The first-order valence-corrected chi connectivity index (χ1v) is 8.71. The summed E-state index contributed by atoms with van der Waals surface area (Å²) in [6.07, 6.45) is 1.13. The van der Waals surface area contributed by atoms with Crippen molar-refractivity contribution in [1.29, 1.82) is 0 Å². The third-order valence-corrected chi connectivity index (χ3v) is 5.73. The number of aldehydes is 1. The van der Waals surface area contributed by atoms with Gasteiger partial charge < -0.3 is 0 Å². The summed E-state index contributed by atoms with van der Waals surface area (Å²) in [5.74, 6) is 0.145. The Morgan fingerprint density at radius 3 is 2.57 bits per heavy atom. The maximum Gasteiger partial charge on any atom is 0.155 e. The molecule has 7 heteroatoms. The average molecular weight is 325 g/mol. The van der Waals surface area contributed by atoms with Gasteiger partial charge in [-0.25, -0.2) is 13.1 Å². The van der Waals surface area contributed by atoms with Crippen molar-refractivity contribution in [2.75, 3.05) is 11.5 Å². The monoisotopic (exact) mass is 324 g/mol. The highest BCUT2D eigenvalue weighted by Gasteiger charge is 2.32. The molecule has 0 aliphatic carbocycles.